The minimum Gasteiger partial charge on any atom is -0.300 e. The maximum absolute atomic E-state index is 13.8. The van der Waals surface area contributed by atoms with Crippen LogP contribution in [-0.2, 0) is 4.79 Å². The average Bonchev–Trinajstić information content (AvgIpc) is 2.39. The molecule has 1 aromatic carbocycles. The predicted octanol–water partition coefficient (Wildman–Crippen LogP) is 2.74. The lowest BCUT2D eigenvalue weighted by Gasteiger charge is -2.42. The molecule has 2 nitrogen and oxygen atoms in total. The first kappa shape index (κ1) is 11.8. The molecule has 2 fully saturated rings. The van der Waals surface area contributed by atoms with Gasteiger partial charge in [0.25, 0.3) is 0 Å². The number of piperidine rings is 2. The molecule has 0 saturated carbocycles. The maximum Gasteiger partial charge on any atom is 0.135 e. The van der Waals surface area contributed by atoms with Crippen LogP contribution >= 0.6 is 0 Å². The number of rotatable bonds is 1. The Morgan fingerprint density at radius 3 is 2.89 bits per heavy atom. The van der Waals surface area contributed by atoms with Crippen molar-refractivity contribution in [3.05, 3.63) is 35.6 Å². The Kier molecular flexibility index (Phi) is 3.16. The molecule has 0 aliphatic carbocycles. The van der Waals surface area contributed by atoms with Gasteiger partial charge in [-0.15, -0.1) is 0 Å². The summed E-state index contributed by atoms with van der Waals surface area (Å²) in [6.07, 6.45) is 3.38. The van der Waals surface area contributed by atoms with E-state index in [4.69, 9.17) is 0 Å². The Balaban J connectivity index is 1.75. The van der Waals surface area contributed by atoms with E-state index in [1.54, 1.807) is 12.1 Å². The second kappa shape index (κ2) is 4.81. The Morgan fingerprint density at radius 2 is 2.06 bits per heavy atom. The molecule has 0 aromatic heterocycles. The molecule has 0 N–H and O–H groups in total. The molecular formula is C15H18FNO. The standard InChI is InChI=1S/C15H18FNO/c16-15-4-2-1-3-14(15)11-5-6-12-9-13(18)7-8-17(12)10-11/h1-4,11-12H,5-10H2/t11-,12?/m0/s1. The van der Waals surface area contributed by atoms with E-state index < -0.39 is 0 Å². The zero-order chi connectivity index (χ0) is 12.5. The number of Topliss-reactive ketones (excluding diaryl/α,β-unsaturated/α-hetero) is 1. The van der Waals surface area contributed by atoms with Crippen LogP contribution < -0.4 is 0 Å². The number of halogens is 1. The number of benzene rings is 1. The van der Waals surface area contributed by atoms with Crippen molar-refractivity contribution in [1.82, 2.24) is 4.90 Å². The van der Waals surface area contributed by atoms with Gasteiger partial charge in [0.2, 0.25) is 0 Å². The quantitative estimate of drug-likeness (QED) is 0.760. The fourth-order valence-electron chi connectivity index (χ4n) is 3.30. The van der Waals surface area contributed by atoms with Crippen LogP contribution in [0, 0.1) is 5.82 Å². The lowest BCUT2D eigenvalue weighted by molar-refractivity contribution is -0.124. The zero-order valence-corrected chi connectivity index (χ0v) is 10.4. The zero-order valence-electron chi connectivity index (χ0n) is 10.4. The fraction of sp³-hybridized carbons (Fsp3) is 0.533. The Morgan fingerprint density at radius 1 is 1.22 bits per heavy atom. The minimum absolute atomic E-state index is 0.0889. The molecule has 2 saturated heterocycles. The van der Waals surface area contributed by atoms with Crippen LogP contribution in [0.3, 0.4) is 0 Å². The van der Waals surface area contributed by atoms with E-state index in [1.807, 2.05) is 12.1 Å². The van der Waals surface area contributed by atoms with Crippen LogP contribution in [0.4, 0.5) is 4.39 Å². The summed E-state index contributed by atoms with van der Waals surface area (Å²) in [5, 5.41) is 0. The van der Waals surface area contributed by atoms with Gasteiger partial charge >= 0.3 is 0 Å². The van der Waals surface area contributed by atoms with Crippen molar-refractivity contribution in [3.63, 3.8) is 0 Å². The molecule has 0 spiro atoms. The Hall–Kier alpha value is -1.22. The number of ketones is 1. The smallest absolute Gasteiger partial charge is 0.135 e. The molecule has 2 aliphatic heterocycles. The van der Waals surface area contributed by atoms with Crippen molar-refractivity contribution in [2.45, 2.75) is 37.6 Å². The van der Waals surface area contributed by atoms with Crippen molar-refractivity contribution in [2.24, 2.45) is 0 Å². The van der Waals surface area contributed by atoms with E-state index in [9.17, 15) is 9.18 Å². The topological polar surface area (TPSA) is 20.3 Å². The van der Waals surface area contributed by atoms with Crippen LogP contribution in [0.25, 0.3) is 0 Å². The van der Waals surface area contributed by atoms with Crippen molar-refractivity contribution < 1.29 is 9.18 Å². The van der Waals surface area contributed by atoms with Gasteiger partial charge in [-0.05, 0) is 30.4 Å². The fourth-order valence-corrected chi connectivity index (χ4v) is 3.30. The van der Waals surface area contributed by atoms with Gasteiger partial charge in [-0.25, -0.2) is 4.39 Å². The third-order valence-electron chi connectivity index (χ3n) is 4.31. The SMILES string of the molecule is O=C1CCN2C[C@@H](c3ccccc3F)CCC2C1. The first-order chi connectivity index (χ1) is 8.74. The van der Waals surface area contributed by atoms with E-state index in [2.05, 4.69) is 4.90 Å². The number of hydrogen-bond donors (Lipinski definition) is 0. The molecule has 1 aromatic rings. The van der Waals surface area contributed by atoms with Gasteiger partial charge in [0.05, 0.1) is 0 Å². The molecule has 3 heteroatoms. The van der Waals surface area contributed by atoms with E-state index in [0.29, 0.717) is 24.7 Å². The first-order valence-electron chi connectivity index (χ1n) is 6.74. The average molecular weight is 247 g/mol. The van der Waals surface area contributed by atoms with Crippen molar-refractivity contribution in [2.75, 3.05) is 13.1 Å². The van der Waals surface area contributed by atoms with Crippen LogP contribution in [0.2, 0.25) is 0 Å². The highest BCUT2D eigenvalue weighted by Crippen LogP contribution is 2.34. The molecule has 3 rings (SSSR count). The second-order valence-corrected chi connectivity index (χ2v) is 5.44. The number of nitrogens with zero attached hydrogens (tertiary/aromatic N) is 1. The molecule has 1 unspecified atom stereocenters. The van der Waals surface area contributed by atoms with E-state index >= 15 is 0 Å². The summed E-state index contributed by atoms with van der Waals surface area (Å²) in [6, 6.07) is 7.50. The van der Waals surface area contributed by atoms with Crippen LogP contribution in [0.1, 0.15) is 37.2 Å². The van der Waals surface area contributed by atoms with Gasteiger partial charge in [0.1, 0.15) is 11.6 Å². The van der Waals surface area contributed by atoms with Gasteiger partial charge in [-0.2, -0.15) is 0 Å². The van der Waals surface area contributed by atoms with Gasteiger partial charge in [-0.3, -0.25) is 9.69 Å². The highest BCUT2D eigenvalue weighted by Gasteiger charge is 2.33. The minimum atomic E-state index is -0.0889. The molecule has 0 bridgehead atoms. The first-order valence-corrected chi connectivity index (χ1v) is 6.74. The molecule has 96 valence electrons. The normalized spacial score (nSPS) is 29.1. The summed E-state index contributed by atoms with van der Waals surface area (Å²) in [7, 11) is 0. The number of fused-ring (bicyclic) bond motifs is 1. The maximum atomic E-state index is 13.8. The molecule has 2 aliphatic rings. The van der Waals surface area contributed by atoms with Crippen LogP contribution in [0.5, 0.6) is 0 Å². The molecule has 0 radical (unpaired) electrons. The third-order valence-corrected chi connectivity index (χ3v) is 4.31. The van der Waals surface area contributed by atoms with E-state index in [0.717, 1.165) is 31.5 Å². The highest BCUT2D eigenvalue weighted by atomic mass is 19.1. The lowest BCUT2D eigenvalue weighted by atomic mass is 9.83. The summed E-state index contributed by atoms with van der Waals surface area (Å²) in [6.45, 7) is 1.76. The summed E-state index contributed by atoms with van der Waals surface area (Å²) in [5.41, 5.74) is 0.841. The Bertz CT molecular complexity index is 460. The number of carbonyl (C=O) groups is 1. The number of carbonyl (C=O) groups excluding carboxylic acids is 1. The second-order valence-electron chi connectivity index (χ2n) is 5.44. The van der Waals surface area contributed by atoms with Crippen LogP contribution in [-0.4, -0.2) is 29.8 Å². The Labute approximate surface area is 107 Å². The van der Waals surface area contributed by atoms with E-state index in [-0.39, 0.29) is 11.7 Å². The summed E-state index contributed by atoms with van der Waals surface area (Å²) >= 11 is 0. The third kappa shape index (κ3) is 2.19. The lowest BCUT2D eigenvalue weighted by Crippen LogP contribution is -2.47. The van der Waals surface area contributed by atoms with Gasteiger partial charge < -0.3 is 0 Å². The largest absolute Gasteiger partial charge is 0.300 e. The van der Waals surface area contributed by atoms with E-state index in [1.165, 1.54) is 0 Å². The van der Waals surface area contributed by atoms with Crippen molar-refractivity contribution in [1.29, 1.82) is 0 Å². The summed E-state index contributed by atoms with van der Waals surface area (Å²) in [5.74, 6) is 0.588. The highest BCUT2D eigenvalue weighted by molar-refractivity contribution is 5.80. The summed E-state index contributed by atoms with van der Waals surface area (Å²) in [4.78, 5) is 13.8. The molecule has 18 heavy (non-hydrogen) atoms. The summed E-state index contributed by atoms with van der Waals surface area (Å²) < 4.78 is 13.8. The molecule has 2 heterocycles. The molecule has 2 atom stereocenters. The van der Waals surface area contributed by atoms with Gasteiger partial charge in [-0.1, -0.05) is 18.2 Å². The van der Waals surface area contributed by atoms with Gasteiger partial charge in [0.15, 0.2) is 0 Å². The van der Waals surface area contributed by atoms with Gasteiger partial charge in [0, 0.05) is 32.0 Å². The molecule has 0 amide bonds. The molecular weight excluding hydrogens is 229 g/mol. The monoisotopic (exact) mass is 247 g/mol. The van der Waals surface area contributed by atoms with Crippen molar-refractivity contribution in [3.8, 4) is 0 Å². The van der Waals surface area contributed by atoms with Crippen LogP contribution in [0.15, 0.2) is 24.3 Å². The van der Waals surface area contributed by atoms with Crippen molar-refractivity contribution >= 4 is 5.78 Å². The predicted molar refractivity (Wildman–Crippen MR) is 68.0 cm³/mol. The number of hydrogen-bond acceptors (Lipinski definition) is 2.